The number of rotatable bonds is 6. The number of carbonyl (C=O) groups is 1. The average molecular weight is 249 g/mol. The molecule has 1 atom stereocenters. The predicted molar refractivity (Wildman–Crippen MR) is 52.0 cm³/mol. The molecule has 16 heavy (non-hydrogen) atoms. The molecule has 1 heterocycles. The molecule has 1 aromatic heterocycles. The zero-order valence-electron chi connectivity index (χ0n) is 8.45. The topological polar surface area (TPSA) is 122 Å². The van der Waals surface area contributed by atoms with Gasteiger partial charge in [-0.2, -0.15) is 4.98 Å². The number of aliphatic carboxylic acids is 1. The molecule has 0 aliphatic rings. The van der Waals surface area contributed by atoms with Crippen molar-refractivity contribution in [3.63, 3.8) is 0 Å². The number of hydrogen-bond donors (Lipinski definition) is 2. The Hall–Kier alpha value is -1.48. The van der Waals surface area contributed by atoms with Crippen LogP contribution in [0.3, 0.4) is 0 Å². The smallest absolute Gasteiger partial charge is 0.323 e. The molecule has 1 rings (SSSR count). The van der Waals surface area contributed by atoms with Crippen molar-refractivity contribution in [2.45, 2.75) is 18.6 Å². The summed E-state index contributed by atoms with van der Waals surface area (Å²) in [5, 5.41) is 10.5. The van der Waals surface area contributed by atoms with E-state index in [1.165, 1.54) is 0 Å². The van der Waals surface area contributed by atoms with E-state index in [0.717, 1.165) is 13.3 Å². The number of sulfonamides is 1. The number of carboxylic acids is 1. The second kappa shape index (κ2) is 5.03. The van der Waals surface area contributed by atoms with Gasteiger partial charge in [-0.15, -0.1) is 0 Å². The Morgan fingerprint density at radius 3 is 2.88 bits per heavy atom. The van der Waals surface area contributed by atoms with Crippen LogP contribution in [0.1, 0.15) is 12.7 Å². The first kappa shape index (κ1) is 12.6. The van der Waals surface area contributed by atoms with Gasteiger partial charge in [-0.1, -0.05) is 5.16 Å². The highest BCUT2D eigenvalue weighted by Gasteiger charge is 2.26. The van der Waals surface area contributed by atoms with E-state index in [4.69, 9.17) is 5.11 Å². The summed E-state index contributed by atoms with van der Waals surface area (Å²) in [5.74, 6) is -1.04. The lowest BCUT2D eigenvalue weighted by atomic mass is 10.4. The van der Waals surface area contributed by atoms with Crippen molar-refractivity contribution in [3.05, 3.63) is 12.2 Å². The molecule has 0 amide bonds. The third-order valence-corrected chi connectivity index (χ3v) is 3.61. The van der Waals surface area contributed by atoms with Gasteiger partial charge in [0, 0.05) is 13.0 Å². The van der Waals surface area contributed by atoms with Crippen LogP contribution in [-0.4, -0.2) is 41.4 Å². The second-order valence-corrected chi connectivity index (χ2v) is 5.10. The van der Waals surface area contributed by atoms with Crippen LogP contribution in [0.15, 0.2) is 10.9 Å². The molecule has 0 radical (unpaired) electrons. The van der Waals surface area contributed by atoms with Gasteiger partial charge in [0.15, 0.2) is 11.1 Å². The largest absolute Gasteiger partial charge is 0.480 e. The summed E-state index contributed by atoms with van der Waals surface area (Å²) >= 11 is 0. The third-order valence-electron chi connectivity index (χ3n) is 1.87. The molecule has 1 aromatic rings. The van der Waals surface area contributed by atoms with Gasteiger partial charge in [0.1, 0.15) is 0 Å². The molecule has 0 saturated heterocycles. The van der Waals surface area contributed by atoms with Gasteiger partial charge < -0.3 is 9.63 Å². The van der Waals surface area contributed by atoms with Gasteiger partial charge in [0.05, 0.1) is 0 Å². The van der Waals surface area contributed by atoms with Crippen LogP contribution >= 0.6 is 0 Å². The van der Waals surface area contributed by atoms with E-state index < -0.39 is 21.2 Å². The molecule has 1 unspecified atom stereocenters. The highest BCUT2D eigenvalue weighted by Crippen LogP contribution is 1.98. The minimum atomic E-state index is -3.85. The molecular formula is C7H11N3O5S. The van der Waals surface area contributed by atoms with Gasteiger partial charge in [0.2, 0.25) is 16.4 Å². The SMILES string of the molecule is CC(C(=O)O)S(=O)(=O)NCCc1ncon1. The Morgan fingerprint density at radius 2 is 2.38 bits per heavy atom. The fourth-order valence-electron chi connectivity index (χ4n) is 0.865. The molecular weight excluding hydrogens is 238 g/mol. The first-order valence-electron chi connectivity index (χ1n) is 4.40. The molecule has 0 aliphatic carbocycles. The van der Waals surface area contributed by atoms with Gasteiger partial charge in [-0.3, -0.25) is 4.79 Å². The monoisotopic (exact) mass is 249 g/mol. The molecule has 8 nitrogen and oxygen atoms in total. The summed E-state index contributed by atoms with van der Waals surface area (Å²) in [4.78, 5) is 14.2. The van der Waals surface area contributed by atoms with E-state index >= 15 is 0 Å². The first-order valence-corrected chi connectivity index (χ1v) is 5.94. The van der Waals surface area contributed by atoms with Crippen molar-refractivity contribution in [3.8, 4) is 0 Å². The van der Waals surface area contributed by atoms with Crippen LogP contribution in [0, 0.1) is 0 Å². The second-order valence-electron chi connectivity index (χ2n) is 3.02. The van der Waals surface area contributed by atoms with Crippen molar-refractivity contribution in [2.24, 2.45) is 0 Å². The zero-order chi connectivity index (χ0) is 12.2. The number of nitrogens with zero attached hydrogens (tertiary/aromatic N) is 2. The quantitative estimate of drug-likeness (QED) is 0.663. The minimum absolute atomic E-state index is 0.0273. The minimum Gasteiger partial charge on any atom is -0.480 e. The Balaban J connectivity index is 2.46. The lowest BCUT2D eigenvalue weighted by Gasteiger charge is -2.08. The van der Waals surface area contributed by atoms with Crippen LogP contribution in [0.4, 0.5) is 0 Å². The molecule has 0 aliphatic heterocycles. The number of carboxylic acid groups (broad SMARTS) is 1. The fraction of sp³-hybridized carbons (Fsp3) is 0.571. The Labute approximate surface area is 91.7 Å². The third kappa shape index (κ3) is 3.28. The molecule has 90 valence electrons. The van der Waals surface area contributed by atoms with Crippen molar-refractivity contribution in [1.82, 2.24) is 14.9 Å². The van der Waals surface area contributed by atoms with Gasteiger partial charge in [-0.05, 0) is 6.92 Å². The molecule has 0 bridgehead atoms. The summed E-state index contributed by atoms with van der Waals surface area (Å²) in [5.41, 5.74) is 0. The molecule has 0 fully saturated rings. The number of hydrogen-bond acceptors (Lipinski definition) is 6. The van der Waals surface area contributed by atoms with E-state index in [1.807, 2.05) is 0 Å². The molecule has 0 spiro atoms. The molecule has 0 aromatic carbocycles. The molecule has 9 heteroatoms. The van der Waals surface area contributed by atoms with Crippen molar-refractivity contribution in [2.75, 3.05) is 6.54 Å². The van der Waals surface area contributed by atoms with Crippen molar-refractivity contribution >= 4 is 16.0 Å². The Morgan fingerprint density at radius 1 is 1.69 bits per heavy atom. The summed E-state index contributed by atoms with van der Waals surface area (Å²) in [7, 11) is -3.85. The van der Waals surface area contributed by atoms with E-state index in [1.54, 1.807) is 0 Å². The van der Waals surface area contributed by atoms with Crippen LogP contribution in [0.25, 0.3) is 0 Å². The normalized spacial score (nSPS) is 13.6. The molecule has 0 saturated carbocycles. The van der Waals surface area contributed by atoms with Gasteiger partial charge in [-0.25, -0.2) is 13.1 Å². The zero-order valence-corrected chi connectivity index (χ0v) is 9.27. The van der Waals surface area contributed by atoms with Crippen LogP contribution < -0.4 is 4.72 Å². The highest BCUT2D eigenvalue weighted by atomic mass is 32.2. The maximum Gasteiger partial charge on any atom is 0.323 e. The summed E-state index contributed by atoms with van der Waals surface area (Å²) < 4.78 is 29.3. The average Bonchev–Trinajstić information content (AvgIpc) is 2.69. The van der Waals surface area contributed by atoms with Crippen LogP contribution in [-0.2, 0) is 21.2 Å². The lowest BCUT2D eigenvalue weighted by molar-refractivity contribution is -0.136. The fourth-order valence-corrected chi connectivity index (χ4v) is 1.77. The standard InChI is InChI=1S/C7H11N3O5S/c1-5(7(11)12)16(13,14)9-3-2-6-8-4-15-10-6/h4-5,9H,2-3H2,1H3,(H,11,12). The Kier molecular flexibility index (Phi) is 3.96. The number of nitrogens with one attached hydrogen (secondary N) is 1. The number of aromatic nitrogens is 2. The van der Waals surface area contributed by atoms with Crippen LogP contribution in [0.5, 0.6) is 0 Å². The summed E-state index contributed by atoms with van der Waals surface area (Å²) in [6, 6.07) is 0. The van der Waals surface area contributed by atoms with Crippen molar-refractivity contribution in [1.29, 1.82) is 0 Å². The van der Waals surface area contributed by atoms with Gasteiger partial charge >= 0.3 is 5.97 Å². The van der Waals surface area contributed by atoms with E-state index in [2.05, 4.69) is 19.4 Å². The van der Waals surface area contributed by atoms with E-state index in [-0.39, 0.29) is 13.0 Å². The first-order chi connectivity index (χ1) is 7.43. The maximum atomic E-state index is 11.3. The predicted octanol–water partition coefficient (Wildman–Crippen LogP) is -0.995. The van der Waals surface area contributed by atoms with Crippen LogP contribution in [0.2, 0.25) is 0 Å². The van der Waals surface area contributed by atoms with E-state index in [0.29, 0.717) is 5.82 Å². The summed E-state index contributed by atoms with van der Waals surface area (Å²) in [6.45, 7) is 1.12. The molecule has 2 N–H and O–H groups in total. The Bertz CT molecular complexity index is 441. The van der Waals surface area contributed by atoms with Crippen molar-refractivity contribution < 1.29 is 22.8 Å². The maximum absolute atomic E-state index is 11.3. The highest BCUT2D eigenvalue weighted by molar-refractivity contribution is 7.90. The van der Waals surface area contributed by atoms with E-state index in [9.17, 15) is 13.2 Å². The lowest BCUT2D eigenvalue weighted by Crippen LogP contribution is -2.38. The van der Waals surface area contributed by atoms with Gasteiger partial charge in [0.25, 0.3) is 0 Å². The summed E-state index contributed by atoms with van der Waals surface area (Å²) in [6.07, 6.45) is 1.37.